The molecule has 1 amide bonds. The number of hydrogen-bond donors (Lipinski definition) is 3. The summed E-state index contributed by atoms with van der Waals surface area (Å²) in [5.41, 5.74) is 1.95. The average Bonchev–Trinajstić information content (AvgIpc) is 3.38. The number of benzene rings is 2. The van der Waals surface area contributed by atoms with Crippen LogP contribution < -0.4 is 14.8 Å². The van der Waals surface area contributed by atoms with Gasteiger partial charge < -0.3 is 19.1 Å². The Morgan fingerprint density at radius 3 is 2.73 bits per heavy atom. The lowest BCUT2D eigenvalue weighted by Crippen LogP contribution is -2.14. The Kier molecular flexibility index (Phi) is 5.47. The molecule has 0 bridgehead atoms. The molecule has 4 aromatic rings. The Morgan fingerprint density at radius 2 is 2.00 bits per heavy atom. The molecule has 33 heavy (non-hydrogen) atoms. The van der Waals surface area contributed by atoms with Crippen LogP contribution >= 0.6 is 0 Å². The van der Waals surface area contributed by atoms with Crippen LogP contribution in [0.1, 0.15) is 12.8 Å². The number of carbonyl (C=O) groups is 1. The monoisotopic (exact) mass is 466 g/mol. The number of amides is 1. The highest BCUT2D eigenvalue weighted by Crippen LogP contribution is 2.30. The van der Waals surface area contributed by atoms with Gasteiger partial charge in [0.1, 0.15) is 10.6 Å². The summed E-state index contributed by atoms with van der Waals surface area (Å²) >= 11 is 0. The second kappa shape index (κ2) is 8.58. The molecular formula is C22H22N6O4S. The van der Waals surface area contributed by atoms with E-state index in [1.54, 1.807) is 30.7 Å². The number of carbonyl (C=O) groups excluding carboxylic acids is 1. The van der Waals surface area contributed by atoms with Gasteiger partial charge in [0.2, 0.25) is 11.9 Å². The maximum absolute atomic E-state index is 12.7. The van der Waals surface area contributed by atoms with E-state index in [4.69, 9.17) is 4.18 Å². The molecule has 5 rings (SSSR count). The van der Waals surface area contributed by atoms with Gasteiger partial charge in [0.05, 0.1) is 17.4 Å². The van der Waals surface area contributed by atoms with Gasteiger partial charge in [-0.1, -0.05) is 0 Å². The molecule has 0 spiro atoms. The summed E-state index contributed by atoms with van der Waals surface area (Å²) in [6, 6.07) is 11.1. The highest BCUT2D eigenvalue weighted by Gasteiger charge is 2.30. The first-order valence-electron chi connectivity index (χ1n) is 10.5. The Labute approximate surface area is 190 Å². The van der Waals surface area contributed by atoms with E-state index in [-0.39, 0.29) is 22.5 Å². The van der Waals surface area contributed by atoms with Crippen molar-refractivity contribution in [1.82, 2.24) is 19.5 Å². The van der Waals surface area contributed by atoms with Gasteiger partial charge in [0.15, 0.2) is 0 Å². The van der Waals surface area contributed by atoms with Crippen molar-refractivity contribution in [3.63, 3.8) is 0 Å². The summed E-state index contributed by atoms with van der Waals surface area (Å²) in [6.45, 7) is 1.41. The Hall–Kier alpha value is -3.86. The third-order valence-electron chi connectivity index (χ3n) is 5.25. The van der Waals surface area contributed by atoms with Gasteiger partial charge in [0, 0.05) is 43.2 Å². The summed E-state index contributed by atoms with van der Waals surface area (Å²) < 4.78 is 32.7. The molecule has 2 aromatic heterocycles. The molecular weight excluding hydrogens is 444 g/mol. The summed E-state index contributed by atoms with van der Waals surface area (Å²) in [5, 5.41) is 5.97. The zero-order chi connectivity index (χ0) is 22.8. The molecule has 11 heteroatoms. The Balaban J connectivity index is 1.23. The SMILES string of the molecule is O=C(Nc1nc2cc(OS(=O)(=O)c3ccc(NCCn4ccnc4)cc3)ccc2[nH]1)C1CC1. The predicted octanol–water partition coefficient (Wildman–Crippen LogP) is 2.99. The number of nitrogens with zero attached hydrogens (tertiary/aromatic N) is 3. The smallest absolute Gasteiger partial charge is 0.339 e. The molecule has 0 atom stereocenters. The number of H-pyrrole nitrogens is 1. The predicted molar refractivity (Wildman–Crippen MR) is 122 cm³/mol. The zero-order valence-electron chi connectivity index (χ0n) is 17.6. The van der Waals surface area contributed by atoms with Gasteiger partial charge in [-0.2, -0.15) is 8.42 Å². The van der Waals surface area contributed by atoms with Crippen LogP contribution in [0.15, 0.2) is 66.1 Å². The van der Waals surface area contributed by atoms with Gasteiger partial charge >= 0.3 is 10.1 Å². The first-order chi connectivity index (χ1) is 16.0. The number of fused-ring (bicyclic) bond motifs is 1. The van der Waals surface area contributed by atoms with Gasteiger partial charge in [0.25, 0.3) is 0 Å². The van der Waals surface area contributed by atoms with Gasteiger partial charge in [-0.25, -0.2) is 9.97 Å². The van der Waals surface area contributed by atoms with Gasteiger partial charge in [-0.3, -0.25) is 10.1 Å². The number of rotatable bonds is 9. The van der Waals surface area contributed by atoms with E-state index < -0.39 is 10.1 Å². The Bertz CT molecular complexity index is 1380. The summed E-state index contributed by atoms with van der Waals surface area (Å²) in [6.07, 6.45) is 7.12. The van der Waals surface area contributed by atoms with E-state index in [2.05, 4.69) is 25.6 Å². The number of aromatic amines is 1. The lowest BCUT2D eigenvalue weighted by molar-refractivity contribution is -0.117. The van der Waals surface area contributed by atoms with Crippen molar-refractivity contribution >= 4 is 38.7 Å². The van der Waals surface area contributed by atoms with E-state index in [0.717, 1.165) is 25.1 Å². The third kappa shape index (κ3) is 4.98. The quantitative estimate of drug-likeness (QED) is 0.323. The van der Waals surface area contributed by atoms with Crippen molar-refractivity contribution in [2.24, 2.45) is 5.92 Å². The molecule has 0 unspecified atom stereocenters. The lowest BCUT2D eigenvalue weighted by Gasteiger charge is -2.09. The second-order valence-corrected chi connectivity index (χ2v) is 9.36. The lowest BCUT2D eigenvalue weighted by atomic mass is 10.3. The fraction of sp³-hybridized carbons (Fsp3) is 0.227. The fourth-order valence-electron chi connectivity index (χ4n) is 3.32. The van der Waals surface area contributed by atoms with Crippen molar-refractivity contribution in [2.75, 3.05) is 17.2 Å². The highest BCUT2D eigenvalue weighted by atomic mass is 32.2. The minimum Gasteiger partial charge on any atom is -0.383 e. The maximum Gasteiger partial charge on any atom is 0.339 e. The largest absolute Gasteiger partial charge is 0.383 e. The van der Waals surface area contributed by atoms with Crippen LogP contribution in [0.4, 0.5) is 11.6 Å². The molecule has 1 fully saturated rings. The topological polar surface area (TPSA) is 131 Å². The Morgan fingerprint density at radius 1 is 1.18 bits per heavy atom. The molecule has 2 aromatic carbocycles. The van der Waals surface area contributed by atoms with Crippen LogP contribution in [0, 0.1) is 5.92 Å². The molecule has 0 radical (unpaired) electrons. The minimum absolute atomic E-state index is 0.0437. The van der Waals surface area contributed by atoms with E-state index in [0.29, 0.717) is 23.5 Å². The molecule has 1 aliphatic carbocycles. The molecule has 1 saturated carbocycles. The number of hydrogen-bond acceptors (Lipinski definition) is 7. The molecule has 2 heterocycles. The maximum atomic E-state index is 12.7. The third-order valence-corrected chi connectivity index (χ3v) is 6.51. The molecule has 1 aliphatic rings. The normalized spacial score (nSPS) is 13.7. The summed E-state index contributed by atoms with van der Waals surface area (Å²) in [5.74, 6) is 0.461. The van der Waals surface area contributed by atoms with Crippen molar-refractivity contribution in [3.8, 4) is 5.75 Å². The van der Waals surface area contributed by atoms with Crippen LogP contribution in [0.2, 0.25) is 0 Å². The molecule has 170 valence electrons. The first kappa shape index (κ1) is 21.0. The molecule has 0 aliphatic heterocycles. The van der Waals surface area contributed by atoms with E-state index in [1.165, 1.54) is 24.3 Å². The number of imidazole rings is 2. The van der Waals surface area contributed by atoms with Crippen LogP contribution in [0.25, 0.3) is 11.0 Å². The van der Waals surface area contributed by atoms with E-state index >= 15 is 0 Å². The number of nitrogens with one attached hydrogen (secondary N) is 3. The van der Waals surface area contributed by atoms with E-state index in [9.17, 15) is 13.2 Å². The average molecular weight is 467 g/mol. The highest BCUT2D eigenvalue weighted by molar-refractivity contribution is 7.87. The summed E-state index contributed by atoms with van der Waals surface area (Å²) in [7, 11) is -4.02. The van der Waals surface area contributed by atoms with Crippen LogP contribution in [-0.2, 0) is 21.5 Å². The standard InChI is InChI=1S/C22H22N6O4S/c29-21(15-1-2-15)27-22-25-19-8-5-17(13-20(19)26-22)32-33(30,31)18-6-3-16(4-7-18)24-10-12-28-11-9-23-14-28/h3-9,11,13-15,24H,1-2,10,12H2,(H2,25,26,27,29). The van der Waals surface area contributed by atoms with E-state index in [1.807, 2.05) is 10.8 Å². The zero-order valence-corrected chi connectivity index (χ0v) is 18.4. The van der Waals surface area contributed by atoms with Crippen LogP contribution in [0.5, 0.6) is 5.75 Å². The first-order valence-corrected chi connectivity index (χ1v) is 11.9. The summed E-state index contributed by atoms with van der Waals surface area (Å²) in [4.78, 5) is 23.3. The number of anilines is 2. The number of aromatic nitrogens is 4. The van der Waals surface area contributed by atoms with Crippen molar-refractivity contribution in [2.45, 2.75) is 24.3 Å². The van der Waals surface area contributed by atoms with Gasteiger partial charge in [-0.05, 0) is 49.2 Å². The van der Waals surface area contributed by atoms with Crippen LogP contribution in [0.3, 0.4) is 0 Å². The second-order valence-electron chi connectivity index (χ2n) is 7.82. The molecule has 10 nitrogen and oxygen atoms in total. The van der Waals surface area contributed by atoms with Crippen LogP contribution in [-0.4, -0.2) is 40.4 Å². The van der Waals surface area contributed by atoms with Crippen molar-refractivity contribution < 1.29 is 17.4 Å². The molecule has 3 N–H and O–H groups in total. The molecule has 0 saturated heterocycles. The van der Waals surface area contributed by atoms with Gasteiger partial charge in [-0.15, -0.1) is 0 Å². The fourth-order valence-corrected chi connectivity index (χ4v) is 4.25. The minimum atomic E-state index is -4.02. The van der Waals surface area contributed by atoms with Crippen molar-refractivity contribution in [1.29, 1.82) is 0 Å². The van der Waals surface area contributed by atoms with Crippen molar-refractivity contribution in [3.05, 3.63) is 61.2 Å².